The summed E-state index contributed by atoms with van der Waals surface area (Å²) in [7, 11) is 0. The maximum absolute atomic E-state index is 12.4. The fourth-order valence-corrected chi connectivity index (χ4v) is 2.14. The van der Waals surface area contributed by atoms with E-state index in [0.29, 0.717) is 29.1 Å². The average Bonchev–Trinajstić information content (AvgIpc) is 2.88. The van der Waals surface area contributed by atoms with E-state index in [1.54, 1.807) is 31.2 Å². The maximum atomic E-state index is 12.4. The second-order valence-electron chi connectivity index (χ2n) is 5.06. The van der Waals surface area contributed by atoms with Gasteiger partial charge in [0.05, 0.1) is 5.69 Å². The maximum Gasteiger partial charge on any atom is 0.328 e. The molecule has 2 aromatic rings. The molecule has 0 radical (unpaired) electrons. The summed E-state index contributed by atoms with van der Waals surface area (Å²) in [4.78, 5) is 22.9. The molecule has 1 heterocycles. The largest absolute Gasteiger partial charge is 0.478 e. The van der Waals surface area contributed by atoms with Gasteiger partial charge in [-0.3, -0.25) is 4.79 Å². The fourth-order valence-electron chi connectivity index (χ4n) is 2.14. The third kappa shape index (κ3) is 4.29. The highest BCUT2D eigenvalue weighted by molar-refractivity contribution is 6.05. The first-order chi connectivity index (χ1) is 11.0. The smallest absolute Gasteiger partial charge is 0.328 e. The summed E-state index contributed by atoms with van der Waals surface area (Å²) >= 11 is 0. The number of carbonyl (C=O) groups is 2. The number of benzene rings is 1. The molecular weight excluding hydrogens is 296 g/mol. The number of aliphatic carboxylic acids is 1. The Hall–Kier alpha value is -2.89. The Morgan fingerprint density at radius 1 is 1.30 bits per heavy atom. The first-order valence-corrected chi connectivity index (χ1v) is 7.28. The number of hydrogen-bond donors (Lipinski definition) is 2. The van der Waals surface area contributed by atoms with Crippen molar-refractivity contribution in [2.75, 3.05) is 5.32 Å². The molecule has 23 heavy (non-hydrogen) atoms. The molecule has 1 aromatic heterocycles. The number of nitrogens with zero attached hydrogens (tertiary/aromatic N) is 1. The Morgan fingerprint density at radius 3 is 2.61 bits per heavy atom. The van der Waals surface area contributed by atoms with Gasteiger partial charge in [-0.25, -0.2) is 4.79 Å². The molecule has 0 saturated carbocycles. The topological polar surface area (TPSA) is 92.4 Å². The van der Waals surface area contributed by atoms with Crippen LogP contribution in [-0.4, -0.2) is 22.1 Å². The first kappa shape index (κ1) is 16.5. The Kier molecular flexibility index (Phi) is 5.30. The van der Waals surface area contributed by atoms with E-state index in [-0.39, 0.29) is 5.91 Å². The molecule has 0 aliphatic heterocycles. The van der Waals surface area contributed by atoms with Crippen molar-refractivity contribution in [3.05, 3.63) is 52.9 Å². The zero-order chi connectivity index (χ0) is 16.8. The van der Waals surface area contributed by atoms with Crippen molar-refractivity contribution >= 4 is 23.6 Å². The van der Waals surface area contributed by atoms with Gasteiger partial charge in [-0.05, 0) is 37.1 Å². The van der Waals surface area contributed by atoms with Crippen LogP contribution in [0.1, 0.15) is 40.7 Å². The Morgan fingerprint density at radius 2 is 2.00 bits per heavy atom. The first-order valence-electron chi connectivity index (χ1n) is 7.28. The molecule has 0 aliphatic carbocycles. The van der Waals surface area contributed by atoms with Crippen LogP contribution in [0.2, 0.25) is 0 Å². The van der Waals surface area contributed by atoms with Gasteiger partial charge in [0, 0.05) is 18.2 Å². The number of carboxylic acids is 1. The van der Waals surface area contributed by atoms with Crippen LogP contribution >= 0.6 is 0 Å². The van der Waals surface area contributed by atoms with Crippen molar-refractivity contribution in [1.29, 1.82) is 0 Å². The molecule has 0 aliphatic rings. The Balaban J connectivity index is 2.11. The monoisotopic (exact) mass is 314 g/mol. The normalized spacial score (nSPS) is 10.9. The molecule has 6 nitrogen and oxygen atoms in total. The summed E-state index contributed by atoms with van der Waals surface area (Å²) in [6.07, 6.45) is 4.06. The molecular formula is C17H18N2O4. The number of rotatable bonds is 6. The van der Waals surface area contributed by atoms with Crippen molar-refractivity contribution in [2.24, 2.45) is 0 Å². The van der Waals surface area contributed by atoms with Crippen molar-refractivity contribution in [1.82, 2.24) is 5.16 Å². The standard InChI is InChI=1S/C17H18N2O4/c1-3-4-14-16(11(2)19-23-14)17(22)18-13-8-5-12(6-9-13)7-10-15(20)21/h5-10H,3-4H2,1-2H3,(H,18,22)(H,20,21)/b10-7+. The molecule has 6 heteroatoms. The van der Waals surface area contributed by atoms with Crippen LogP contribution in [0.4, 0.5) is 5.69 Å². The minimum atomic E-state index is -1.01. The molecule has 2 rings (SSSR count). The van der Waals surface area contributed by atoms with E-state index in [4.69, 9.17) is 9.63 Å². The van der Waals surface area contributed by atoms with Crippen molar-refractivity contribution in [3.63, 3.8) is 0 Å². The van der Waals surface area contributed by atoms with Crippen LogP contribution in [0.3, 0.4) is 0 Å². The lowest BCUT2D eigenvalue weighted by Gasteiger charge is -2.06. The Bertz CT molecular complexity index is 730. The number of aryl methyl sites for hydroxylation is 2. The Labute approximate surface area is 133 Å². The quantitative estimate of drug-likeness (QED) is 0.798. The van der Waals surface area contributed by atoms with Gasteiger partial charge < -0.3 is 14.9 Å². The summed E-state index contributed by atoms with van der Waals surface area (Å²) in [5, 5.41) is 15.2. The molecule has 1 aromatic carbocycles. The molecule has 2 N–H and O–H groups in total. The predicted octanol–water partition coefficient (Wildman–Crippen LogP) is 3.29. The number of nitrogens with one attached hydrogen (secondary N) is 1. The lowest BCUT2D eigenvalue weighted by Crippen LogP contribution is -2.14. The lowest BCUT2D eigenvalue weighted by molar-refractivity contribution is -0.131. The predicted molar refractivity (Wildman–Crippen MR) is 86.3 cm³/mol. The van der Waals surface area contributed by atoms with E-state index in [2.05, 4.69) is 10.5 Å². The van der Waals surface area contributed by atoms with Crippen LogP contribution in [0.25, 0.3) is 6.08 Å². The van der Waals surface area contributed by atoms with Gasteiger partial charge in [-0.1, -0.05) is 24.2 Å². The molecule has 1 amide bonds. The third-order valence-electron chi connectivity index (χ3n) is 3.22. The molecule has 0 spiro atoms. The van der Waals surface area contributed by atoms with Crippen LogP contribution in [0, 0.1) is 6.92 Å². The summed E-state index contributed by atoms with van der Waals surface area (Å²) < 4.78 is 5.19. The van der Waals surface area contributed by atoms with Crippen LogP contribution < -0.4 is 5.32 Å². The van der Waals surface area contributed by atoms with Crippen LogP contribution in [0.5, 0.6) is 0 Å². The number of carboxylic acid groups (broad SMARTS) is 1. The van der Waals surface area contributed by atoms with Gasteiger partial charge in [0.2, 0.25) is 0 Å². The number of carbonyl (C=O) groups excluding carboxylic acids is 1. The second-order valence-corrected chi connectivity index (χ2v) is 5.06. The van der Waals surface area contributed by atoms with E-state index in [9.17, 15) is 9.59 Å². The molecule has 0 unspecified atom stereocenters. The number of aromatic nitrogens is 1. The van der Waals surface area contributed by atoms with Gasteiger partial charge in [-0.2, -0.15) is 0 Å². The average molecular weight is 314 g/mol. The number of hydrogen-bond acceptors (Lipinski definition) is 4. The highest BCUT2D eigenvalue weighted by atomic mass is 16.5. The van der Waals surface area contributed by atoms with Gasteiger partial charge in [0.1, 0.15) is 11.3 Å². The molecule has 0 fully saturated rings. The number of anilines is 1. The molecule has 0 atom stereocenters. The highest BCUT2D eigenvalue weighted by Gasteiger charge is 2.19. The second kappa shape index (κ2) is 7.40. The minimum Gasteiger partial charge on any atom is -0.478 e. The van der Waals surface area contributed by atoms with Crippen LogP contribution in [0.15, 0.2) is 34.9 Å². The summed E-state index contributed by atoms with van der Waals surface area (Å²) in [6.45, 7) is 3.74. The van der Waals surface area contributed by atoms with E-state index >= 15 is 0 Å². The third-order valence-corrected chi connectivity index (χ3v) is 3.22. The van der Waals surface area contributed by atoms with Crippen molar-refractivity contribution < 1.29 is 19.2 Å². The van der Waals surface area contributed by atoms with Crippen molar-refractivity contribution in [2.45, 2.75) is 26.7 Å². The van der Waals surface area contributed by atoms with Gasteiger partial charge in [0.15, 0.2) is 0 Å². The van der Waals surface area contributed by atoms with Crippen molar-refractivity contribution in [3.8, 4) is 0 Å². The van der Waals surface area contributed by atoms with Crippen LogP contribution in [-0.2, 0) is 11.2 Å². The lowest BCUT2D eigenvalue weighted by atomic mass is 10.1. The summed E-state index contributed by atoms with van der Waals surface area (Å²) in [5.41, 5.74) is 2.39. The summed E-state index contributed by atoms with van der Waals surface area (Å²) in [5.74, 6) is -0.682. The molecule has 0 saturated heterocycles. The fraction of sp³-hybridized carbons (Fsp3) is 0.235. The van der Waals surface area contributed by atoms with E-state index in [1.165, 1.54) is 6.08 Å². The van der Waals surface area contributed by atoms with Gasteiger partial charge >= 0.3 is 5.97 Å². The summed E-state index contributed by atoms with van der Waals surface area (Å²) in [6, 6.07) is 6.87. The minimum absolute atomic E-state index is 0.263. The molecule has 0 bridgehead atoms. The van der Waals surface area contributed by atoms with Gasteiger partial charge in [-0.15, -0.1) is 0 Å². The van der Waals surface area contributed by atoms with E-state index < -0.39 is 5.97 Å². The highest BCUT2D eigenvalue weighted by Crippen LogP contribution is 2.18. The van der Waals surface area contributed by atoms with E-state index in [1.807, 2.05) is 6.92 Å². The number of amides is 1. The van der Waals surface area contributed by atoms with Gasteiger partial charge in [0.25, 0.3) is 5.91 Å². The SMILES string of the molecule is CCCc1onc(C)c1C(=O)Nc1ccc(/C=C/C(=O)O)cc1. The molecule has 120 valence electrons. The zero-order valence-electron chi connectivity index (χ0n) is 13.0. The van der Waals surface area contributed by atoms with E-state index in [0.717, 1.165) is 18.1 Å². The zero-order valence-corrected chi connectivity index (χ0v) is 13.0.